The van der Waals surface area contributed by atoms with E-state index in [2.05, 4.69) is 15.9 Å². The number of carboxylic acids is 1. The fraction of sp³-hybridized carbons (Fsp3) is 0.455. The summed E-state index contributed by atoms with van der Waals surface area (Å²) in [6.07, 6.45) is 0. The van der Waals surface area contributed by atoms with Crippen molar-refractivity contribution in [2.45, 2.75) is 6.92 Å². The summed E-state index contributed by atoms with van der Waals surface area (Å²) in [5, 5.41) is 10.9. The third kappa shape index (κ3) is 2.37. The number of amides is 1. The van der Waals surface area contributed by atoms with Crippen molar-refractivity contribution in [3.05, 3.63) is 20.8 Å². The van der Waals surface area contributed by atoms with E-state index in [1.165, 1.54) is 11.3 Å². The molecule has 1 aliphatic rings. The van der Waals surface area contributed by atoms with Crippen LogP contribution >= 0.6 is 27.3 Å². The maximum atomic E-state index is 12.2. The fourth-order valence-corrected chi connectivity index (χ4v) is 3.55. The number of hydrogen-bond acceptors (Lipinski definition) is 3. The first-order valence-electron chi connectivity index (χ1n) is 5.25. The molecule has 1 saturated heterocycles. The largest absolute Gasteiger partial charge is 0.481 e. The average molecular weight is 318 g/mol. The van der Waals surface area contributed by atoms with E-state index in [1.54, 1.807) is 4.90 Å². The quantitative estimate of drug-likeness (QED) is 0.910. The van der Waals surface area contributed by atoms with Crippen molar-refractivity contribution >= 4 is 39.1 Å². The topological polar surface area (TPSA) is 57.6 Å². The molecule has 0 aliphatic carbocycles. The summed E-state index contributed by atoms with van der Waals surface area (Å²) in [4.78, 5) is 25.4. The number of halogens is 1. The van der Waals surface area contributed by atoms with Crippen LogP contribution < -0.4 is 0 Å². The van der Waals surface area contributed by atoms with Crippen molar-refractivity contribution in [2.24, 2.45) is 11.8 Å². The zero-order chi connectivity index (χ0) is 12.6. The van der Waals surface area contributed by atoms with E-state index in [0.29, 0.717) is 18.0 Å². The van der Waals surface area contributed by atoms with Gasteiger partial charge < -0.3 is 10.0 Å². The summed E-state index contributed by atoms with van der Waals surface area (Å²) in [6, 6.07) is 1.83. The molecule has 2 rings (SSSR count). The van der Waals surface area contributed by atoms with E-state index in [0.717, 1.165) is 4.47 Å². The number of nitrogens with zero attached hydrogens (tertiary/aromatic N) is 1. The Labute approximate surface area is 111 Å². The number of thiophene rings is 1. The molecule has 0 radical (unpaired) electrons. The molecule has 92 valence electrons. The van der Waals surface area contributed by atoms with Crippen LogP contribution in [0.25, 0.3) is 0 Å². The molecule has 1 N–H and O–H groups in total. The highest BCUT2D eigenvalue weighted by Crippen LogP contribution is 2.29. The Morgan fingerprint density at radius 2 is 2.24 bits per heavy atom. The predicted octanol–water partition coefficient (Wildman–Crippen LogP) is 2.30. The van der Waals surface area contributed by atoms with Gasteiger partial charge in [-0.05, 0) is 33.3 Å². The van der Waals surface area contributed by atoms with Crippen molar-refractivity contribution < 1.29 is 14.7 Å². The van der Waals surface area contributed by atoms with Crippen LogP contribution in [0.4, 0.5) is 0 Å². The minimum Gasteiger partial charge on any atom is -0.481 e. The second-order valence-corrected chi connectivity index (χ2v) is 6.00. The zero-order valence-corrected chi connectivity index (χ0v) is 11.6. The van der Waals surface area contributed by atoms with E-state index >= 15 is 0 Å². The van der Waals surface area contributed by atoms with Gasteiger partial charge >= 0.3 is 5.97 Å². The number of carbonyl (C=O) groups excluding carboxylic acids is 1. The van der Waals surface area contributed by atoms with Gasteiger partial charge in [0, 0.05) is 17.6 Å². The maximum Gasteiger partial charge on any atom is 0.308 e. The van der Waals surface area contributed by atoms with Crippen LogP contribution in [0.3, 0.4) is 0 Å². The van der Waals surface area contributed by atoms with Gasteiger partial charge in [-0.2, -0.15) is 0 Å². The summed E-state index contributed by atoms with van der Waals surface area (Å²) >= 11 is 4.69. The van der Waals surface area contributed by atoms with E-state index < -0.39 is 11.9 Å². The van der Waals surface area contributed by atoms with Crippen LogP contribution in [0.1, 0.15) is 16.6 Å². The lowest BCUT2D eigenvalue weighted by Crippen LogP contribution is -2.29. The molecule has 1 aromatic rings. The van der Waals surface area contributed by atoms with Gasteiger partial charge in [0.2, 0.25) is 0 Å². The van der Waals surface area contributed by atoms with Crippen molar-refractivity contribution in [3.63, 3.8) is 0 Å². The fourth-order valence-electron chi connectivity index (χ4n) is 2.04. The van der Waals surface area contributed by atoms with Gasteiger partial charge in [0.25, 0.3) is 5.91 Å². The van der Waals surface area contributed by atoms with Crippen molar-refractivity contribution in [1.29, 1.82) is 0 Å². The molecule has 1 fully saturated rings. The number of carboxylic acid groups (broad SMARTS) is 1. The molecular formula is C11H12BrNO3S. The molecule has 0 bridgehead atoms. The number of rotatable bonds is 2. The molecule has 0 unspecified atom stereocenters. The molecule has 0 aromatic carbocycles. The van der Waals surface area contributed by atoms with Gasteiger partial charge in [-0.15, -0.1) is 11.3 Å². The van der Waals surface area contributed by atoms with Gasteiger partial charge in [-0.25, -0.2) is 0 Å². The third-order valence-corrected chi connectivity index (χ3v) is 4.85. The van der Waals surface area contributed by atoms with Gasteiger partial charge in [-0.1, -0.05) is 6.92 Å². The second kappa shape index (κ2) is 4.78. The molecule has 2 heterocycles. The monoisotopic (exact) mass is 317 g/mol. The molecular weight excluding hydrogens is 306 g/mol. The molecule has 17 heavy (non-hydrogen) atoms. The van der Waals surface area contributed by atoms with Gasteiger partial charge in [0.05, 0.1) is 5.92 Å². The Kier molecular flexibility index (Phi) is 3.53. The van der Waals surface area contributed by atoms with Gasteiger partial charge in [-0.3, -0.25) is 9.59 Å². The lowest BCUT2D eigenvalue weighted by Gasteiger charge is -2.14. The summed E-state index contributed by atoms with van der Waals surface area (Å²) in [6.45, 7) is 2.69. The summed E-state index contributed by atoms with van der Waals surface area (Å²) in [5.74, 6) is -1.34. The Morgan fingerprint density at radius 1 is 1.53 bits per heavy atom. The number of likely N-dealkylation sites (tertiary alicyclic amines) is 1. The lowest BCUT2D eigenvalue weighted by molar-refractivity contribution is -0.142. The molecule has 1 aliphatic heterocycles. The van der Waals surface area contributed by atoms with Crippen molar-refractivity contribution in [1.82, 2.24) is 4.90 Å². The van der Waals surface area contributed by atoms with Gasteiger partial charge in [0.1, 0.15) is 4.88 Å². The summed E-state index contributed by atoms with van der Waals surface area (Å²) in [5.41, 5.74) is 0. The van der Waals surface area contributed by atoms with E-state index in [9.17, 15) is 9.59 Å². The first kappa shape index (κ1) is 12.6. The summed E-state index contributed by atoms with van der Waals surface area (Å²) in [7, 11) is 0. The Bertz CT molecular complexity index is 459. The summed E-state index contributed by atoms with van der Waals surface area (Å²) < 4.78 is 0.777. The zero-order valence-electron chi connectivity index (χ0n) is 9.22. The standard InChI is InChI=1S/C11H12BrNO3S/c1-6-4-13(5-7(6)11(15)16)10(14)9-8(12)2-3-17-9/h2-3,6-7H,4-5H2,1H3,(H,15,16)/t6-,7-/m1/s1. The van der Waals surface area contributed by atoms with Crippen LogP contribution in [0.2, 0.25) is 0 Å². The smallest absolute Gasteiger partial charge is 0.308 e. The molecule has 0 spiro atoms. The van der Waals surface area contributed by atoms with Crippen LogP contribution in [-0.4, -0.2) is 35.0 Å². The highest BCUT2D eigenvalue weighted by molar-refractivity contribution is 9.10. The highest BCUT2D eigenvalue weighted by atomic mass is 79.9. The molecule has 2 atom stereocenters. The number of carbonyl (C=O) groups is 2. The van der Waals surface area contributed by atoms with E-state index in [4.69, 9.17) is 5.11 Å². The molecule has 1 amide bonds. The van der Waals surface area contributed by atoms with Crippen molar-refractivity contribution in [3.8, 4) is 0 Å². The first-order chi connectivity index (χ1) is 8.00. The third-order valence-electron chi connectivity index (χ3n) is 3.03. The van der Waals surface area contributed by atoms with E-state index in [-0.39, 0.29) is 11.8 Å². The van der Waals surface area contributed by atoms with Gasteiger partial charge in [0.15, 0.2) is 0 Å². The minimum atomic E-state index is -0.821. The Hall–Kier alpha value is -0.880. The average Bonchev–Trinajstić information content (AvgIpc) is 2.83. The second-order valence-electron chi connectivity index (χ2n) is 4.23. The Balaban J connectivity index is 2.13. The molecule has 6 heteroatoms. The predicted molar refractivity (Wildman–Crippen MR) is 68.2 cm³/mol. The molecule has 1 aromatic heterocycles. The van der Waals surface area contributed by atoms with E-state index in [1.807, 2.05) is 18.4 Å². The highest BCUT2D eigenvalue weighted by Gasteiger charge is 2.37. The van der Waals surface area contributed by atoms with Crippen LogP contribution in [0.5, 0.6) is 0 Å². The Morgan fingerprint density at radius 3 is 2.71 bits per heavy atom. The number of hydrogen-bond donors (Lipinski definition) is 1. The normalized spacial score (nSPS) is 24.0. The van der Waals surface area contributed by atoms with Crippen molar-refractivity contribution in [2.75, 3.05) is 13.1 Å². The number of aliphatic carboxylic acids is 1. The van der Waals surface area contributed by atoms with Crippen LogP contribution in [-0.2, 0) is 4.79 Å². The molecule has 4 nitrogen and oxygen atoms in total. The SMILES string of the molecule is C[C@@H]1CN(C(=O)c2sccc2Br)C[C@H]1C(=O)O. The van der Waals surface area contributed by atoms with Crippen LogP contribution in [0, 0.1) is 11.8 Å². The molecule has 0 saturated carbocycles. The first-order valence-corrected chi connectivity index (χ1v) is 6.93. The van der Waals surface area contributed by atoms with Crippen LogP contribution in [0.15, 0.2) is 15.9 Å². The minimum absolute atomic E-state index is 0.00943. The maximum absolute atomic E-state index is 12.2. The lowest BCUT2D eigenvalue weighted by atomic mass is 9.99.